The van der Waals surface area contributed by atoms with Crippen molar-refractivity contribution in [2.45, 2.75) is 13.0 Å². The molecule has 0 saturated heterocycles. The number of carboxylic acids is 2. The number of hydrogen-bond donors (Lipinski definition) is 5. The van der Waals surface area contributed by atoms with Crippen LogP contribution < -0.4 is 5.73 Å². The van der Waals surface area contributed by atoms with E-state index in [0.29, 0.717) is 0 Å². The van der Waals surface area contributed by atoms with E-state index in [1.807, 2.05) is 0 Å². The third-order valence-corrected chi connectivity index (χ3v) is 2.28. The fourth-order valence-corrected chi connectivity index (χ4v) is 1.17. The second kappa shape index (κ2) is 8.20. The van der Waals surface area contributed by atoms with Gasteiger partial charge in [-0.1, -0.05) is 6.07 Å². The van der Waals surface area contributed by atoms with E-state index in [0.717, 1.165) is 0 Å². The van der Waals surface area contributed by atoms with Crippen molar-refractivity contribution in [3.8, 4) is 0 Å². The Morgan fingerprint density at radius 1 is 1.21 bits per heavy atom. The van der Waals surface area contributed by atoms with Crippen molar-refractivity contribution in [3.63, 3.8) is 0 Å². The van der Waals surface area contributed by atoms with E-state index in [2.05, 4.69) is 0 Å². The summed E-state index contributed by atoms with van der Waals surface area (Å²) in [5, 5.41) is 33.7. The van der Waals surface area contributed by atoms with Crippen LogP contribution in [0.4, 0.5) is 0 Å². The average Bonchev–Trinajstić information content (AvgIpc) is 2.38. The first-order valence-electron chi connectivity index (χ1n) is 5.40. The summed E-state index contributed by atoms with van der Waals surface area (Å²) in [5.41, 5.74) is 5.21. The minimum atomic E-state index is -1.11. The van der Waals surface area contributed by atoms with Gasteiger partial charge in [0.25, 0.3) is 0 Å². The molecule has 0 aromatic heterocycles. The molecular formula is C12H17NO6. The number of benzene rings is 1. The molecule has 7 heteroatoms. The van der Waals surface area contributed by atoms with Crippen LogP contribution in [-0.4, -0.2) is 51.6 Å². The van der Waals surface area contributed by atoms with Gasteiger partial charge in [-0.2, -0.15) is 0 Å². The van der Waals surface area contributed by atoms with Gasteiger partial charge in [0.15, 0.2) is 0 Å². The number of aliphatic hydroxyl groups excluding tert-OH is 2. The van der Waals surface area contributed by atoms with E-state index in [4.69, 9.17) is 26.2 Å². The molecular weight excluding hydrogens is 254 g/mol. The van der Waals surface area contributed by atoms with Crippen molar-refractivity contribution >= 4 is 11.9 Å². The molecule has 19 heavy (non-hydrogen) atoms. The molecule has 1 rings (SSSR count). The van der Waals surface area contributed by atoms with E-state index < -0.39 is 18.0 Å². The summed E-state index contributed by atoms with van der Waals surface area (Å²) in [4.78, 5) is 21.2. The molecule has 0 saturated carbocycles. The van der Waals surface area contributed by atoms with E-state index in [1.54, 1.807) is 0 Å². The number of aromatic carboxylic acids is 2. The van der Waals surface area contributed by atoms with Gasteiger partial charge < -0.3 is 26.2 Å². The van der Waals surface area contributed by atoms with Crippen LogP contribution in [0, 0.1) is 6.92 Å². The van der Waals surface area contributed by atoms with Crippen LogP contribution in [0.15, 0.2) is 18.2 Å². The third-order valence-electron chi connectivity index (χ3n) is 2.28. The van der Waals surface area contributed by atoms with Crippen molar-refractivity contribution in [1.29, 1.82) is 0 Å². The first-order chi connectivity index (χ1) is 8.84. The van der Waals surface area contributed by atoms with Gasteiger partial charge in [-0.05, 0) is 24.6 Å². The van der Waals surface area contributed by atoms with Gasteiger partial charge in [-0.15, -0.1) is 0 Å². The van der Waals surface area contributed by atoms with Gasteiger partial charge in [0, 0.05) is 6.54 Å². The minimum Gasteiger partial charge on any atom is -0.478 e. The predicted octanol–water partition coefficient (Wildman–Crippen LogP) is -0.310. The Bertz CT molecular complexity index is 410. The topological polar surface area (TPSA) is 141 Å². The van der Waals surface area contributed by atoms with Gasteiger partial charge in [-0.25, -0.2) is 9.59 Å². The van der Waals surface area contributed by atoms with Crippen molar-refractivity contribution in [1.82, 2.24) is 0 Å². The Kier molecular flexibility index (Phi) is 7.35. The molecule has 0 aliphatic heterocycles. The average molecular weight is 271 g/mol. The fraction of sp³-hybridized carbons (Fsp3) is 0.333. The zero-order valence-corrected chi connectivity index (χ0v) is 10.4. The van der Waals surface area contributed by atoms with E-state index in [-0.39, 0.29) is 29.8 Å². The molecule has 0 radical (unpaired) electrons. The Morgan fingerprint density at radius 2 is 1.63 bits per heavy atom. The van der Waals surface area contributed by atoms with Gasteiger partial charge >= 0.3 is 11.9 Å². The smallest absolute Gasteiger partial charge is 0.335 e. The highest BCUT2D eigenvalue weighted by molar-refractivity contribution is 5.96. The standard InChI is InChI=1S/C9H8O4.C3H9NO2/c1-5-6(8(10)11)3-2-4-7(5)9(12)13;4-1-3(6)2-5/h2-4H,1H3,(H,10,11)(H,12,13);3,5-6H,1-2,4H2. The maximum absolute atomic E-state index is 10.6. The van der Waals surface area contributed by atoms with Crippen LogP contribution >= 0.6 is 0 Å². The highest BCUT2D eigenvalue weighted by Crippen LogP contribution is 2.13. The van der Waals surface area contributed by atoms with Gasteiger partial charge in [0.05, 0.1) is 23.8 Å². The molecule has 6 N–H and O–H groups in total. The third kappa shape index (κ3) is 5.47. The number of rotatable bonds is 4. The largest absolute Gasteiger partial charge is 0.478 e. The van der Waals surface area contributed by atoms with Crippen molar-refractivity contribution < 1.29 is 30.0 Å². The molecule has 1 aromatic rings. The van der Waals surface area contributed by atoms with Crippen molar-refractivity contribution in [3.05, 3.63) is 34.9 Å². The first-order valence-corrected chi connectivity index (χ1v) is 5.40. The molecule has 0 amide bonds. The molecule has 0 bridgehead atoms. The number of hydrogen-bond acceptors (Lipinski definition) is 5. The molecule has 1 atom stereocenters. The summed E-state index contributed by atoms with van der Waals surface area (Å²) in [6.07, 6.45) is -0.731. The van der Waals surface area contributed by atoms with E-state index in [1.165, 1.54) is 25.1 Å². The van der Waals surface area contributed by atoms with Crippen LogP contribution in [0.25, 0.3) is 0 Å². The SMILES string of the molecule is Cc1c(C(=O)O)cccc1C(=O)O.NCC(O)CO. The Morgan fingerprint density at radius 3 is 1.84 bits per heavy atom. The number of carbonyl (C=O) groups is 2. The van der Waals surface area contributed by atoms with Crippen molar-refractivity contribution in [2.75, 3.05) is 13.2 Å². The molecule has 0 heterocycles. The normalized spacial score (nSPS) is 11.2. The summed E-state index contributed by atoms with van der Waals surface area (Å²) in [6, 6.07) is 4.17. The van der Waals surface area contributed by atoms with Crippen LogP contribution in [-0.2, 0) is 0 Å². The van der Waals surface area contributed by atoms with Crippen molar-refractivity contribution in [2.24, 2.45) is 5.73 Å². The fourth-order valence-electron chi connectivity index (χ4n) is 1.17. The Labute approximate surface area is 109 Å². The summed E-state index contributed by atoms with van der Waals surface area (Å²) < 4.78 is 0. The molecule has 0 fully saturated rings. The highest BCUT2D eigenvalue weighted by atomic mass is 16.4. The molecule has 0 aliphatic carbocycles. The summed E-state index contributed by atoms with van der Waals surface area (Å²) >= 11 is 0. The number of nitrogens with two attached hydrogens (primary N) is 1. The highest BCUT2D eigenvalue weighted by Gasteiger charge is 2.13. The van der Waals surface area contributed by atoms with Crippen LogP contribution in [0.5, 0.6) is 0 Å². The maximum Gasteiger partial charge on any atom is 0.335 e. The lowest BCUT2D eigenvalue weighted by molar-refractivity contribution is 0.0696. The van der Waals surface area contributed by atoms with E-state index in [9.17, 15) is 9.59 Å². The quantitative estimate of drug-likeness (QED) is 0.505. The Hall–Kier alpha value is -1.96. The molecule has 7 nitrogen and oxygen atoms in total. The molecule has 0 spiro atoms. The second-order valence-electron chi connectivity index (χ2n) is 3.66. The number of aliphatic hydroxyl groups is 2. The van der Waals surface area contributed by atoms with Gasteiger partial charge in [0.1, 0.15) is 0 Å². The van der Waals surface area contributed by atoms with Crippen LogP contribution in [0.2, 0.25) is 0 Å². The molecule has 1 aromatic carbocycles. The molecule has 106 valence electrons. The second-order valence-corrected chi connectivity index (χ2v) is 3.66. The molecule has 1 unspecified atom stereocenters. The minimum absolute atomic E-state index is 0.0277. The lowest BCUT2D eigenvalue weighted by Crippen LogP contribution is -2.22. The lowest BCUT2D eigenvalue weighted by atomic mass is 10.0. The predicted molar refractivity (Wildman–Crippen MR) is 67.2 cm³/mol. The Balaban J connectivity index is 0.000000459. The van der Waals surface area contributed by atoms with Crippen LogP contribution in [0.3, 0.4) is 0 Å². The zero-order chi connectivity index (χ0) is 15.0. The van der Waals surface area contributed by atoms with Crippen LogP contribution in [0.1, 0.15) is 26.3 Å². The lowest BCUT2D eigenvalue weighted by Gasteiger charge is -2.03. The first kappa shape index (κ1) is 17.0. The van der Waals surface area contributed by atoms with E-state index >= 15 is 0 Å². The molecule has 0 aliphatic rings. The summed E-state index contributed by atoms with van der Waals surface area (Å²) in [7, 11) is 0. The number of carboxylic acid groups (broad SMARTS) is 2. The van der Waals surface area contributed by atoms with Gasteiger partial charge in [-0.3, -0.25) is 0 Å². The monoisotopic (exact) mass is 271 g/mol. The van der Waals surface area contributed by atoms with Gasteiger partial charge in [0.2, 0.25) is 0 Å². The summed E-state index contributed by atoms with van der Waals surface area (Å²) in [5.74, 6) is -2.22. The zero-order valence-electron chi connectivity index (χ0n) is 10.4. The maximum atomic E-state index is 10.6. The summed E-state index contributed by atoms with van der Waals surface area (Å²) in [6.45, 7) is 1.37.